The zero-order valence-corrected chi connectivity index (χ0v) is 21.8. The van der Waals surface area contributed by atoms with Crippen LogP contribution in [0.2, 0.25) is 0 Å². The fourth-order valence-electron chi connectivity index (χ4n) is 5.55. The molecule has 36 heavy (non-hydrogen) atoms. The van der Waals surface area contributed by atoms with E-state index in [9.17, 15) is 23.1 Å². The third-order valence-corrected chi connectivity index (χ3v) is 7.73. The highest BCUT2D eigenvalue weighted by atomic mass is 32.2. The molecule has 198 valence electrons. The first-order chi connectivity index (χ1) is 17.0. The van der Waals surface area contributed by atoms with Gasteiger partial charge in [0.15, 0.2) is 15.6 Å². The number of aliphatic hydroxyl groups excluding tert-OH is 1. The second-order valence-electron chi connectivity index (χ2n) is 10.3. The number of amides is 1. The van der Waals surface area contributed by atoms with E-state index in [1.165, 1.54) is 0 Å². The molecule has 1 aromatic heterocycles. The zero-order chi connectivity index (χ0) is 26.0. The highest BCUT2D eigenvalue weighted by Crippen LogP contribution is 2.35. The summed E-state index contributed by atoms with van der Waals surface area (Å²) in [7, 11) is -3.13. The summed E-state index contributed by atoms with van der Waals surface area (Å²) in [6.45, 7) is 4.49. The predicted molar refractivity (Wildman–Crippen MR) is 138 cm³/mol. The maximum Gasteiger partial charge on any atom is 0.413 e. The molecule has 10 nitrogen and oxygen atoms in total. The molecule has 2 aromatic rings. The predicted octanol–water partition coefficient (Wildman–Crippen LogP) is 1.62. The number of pyridine rings is 1. The molecule has 2 aliphatic rings. The van der Waals surface area contributed by atoms with Crippen LogP contribution in [0.4, 0.5) is 4.79 Å². The lowest BCUT2D eigenvalue weighted by Gasteiger charge is -2.39. The van der Waals surface area contributed by atoms with Gasteiger partial charge in [0.1, 0.15) is 0 Å². The van der Waals surface area contributed by atoms with E-state index in [4.69, 9.17) is 4.74 Å². The number of sulfone groups is 1. The standard InChI is InChI=1S/C25H36N4O6S/c1-16(2)29-22-7-5-4-6-17(22)10-23(24(29)31)35-25(32)27-18-11-19-8-9-20(12-18)28(19)14-21(30)13-26-15-36(3,33)34/h4-7,10,16,18-21,26,30H,8-9,11-15H2,1-3H3,(H,27,32)/t18?,19-,20+,21-/m1/s1. The number of fused-ring (bicyclic) bond motifs is 3. The average Bonchev–Trinajstić information content (AvgIpc) is 3.00. The SMILES string of the molecule is CC(C)n1c(=O)c(OC(=O)NC2C[C@H]3CC[C@@H](C2)N3C[C@H](O)CNCS(C)(=O)=O)cc2ccccc21. The Morgan fingerprint density at radius 3 is 2.50 bits per heavy atom. The van der Waals surface area contributed by atoms with Crippen molar-refractivity contribution in [2.24, 2.45) is 0 Å². The molecule has 3 heterocycles. The fraction of sp³-hybridized carbons (Fsp3) is 0.600. The number of carbonyl (C=O) groups is 1. The van der Waals surface area contributed by atoms with E-state index < -0.39 is 22.0 Å². The van der Waals surface area contributed by atoms with Crippen LogP contribution in [0.5, 0.6) is 5.75 Å². The number of aliphatic hydroxyl groups is 1. The van der Waals surface area contributed by atoms with Gasteiger partial charge in [0.05, 0.1) is 17.5 Å². The van der Waals surface area contributed by atoms with E-state index in [2.05, 4.69) is 15.5 Å². The number of piperidine rings is 1. The van der Waals surface area contributed by atoms with Crippen molar-refractivity contribution >= 4 is 26.8 Å². The minimum atomic E-state index is -3.13. The monoisotopic (exact) mass is 520 g/mol. The lowest BCUT2D eigenvalue weighted by Crippen LogP contribution is -2.53. The largest absolute Gasteiger partial charge is 0.413 e. The first kappa shape index (κ1) is 26.6. The number of carbonyl (C=O) groups excluding carboxylic acids is 1. The van der Waals surface area contributed by atoms with Crippen molar-refractivity contribution in [2.45, 2.75) is 69.8 Å². The molecular formula is C25H36N4O6S. The Balaban J connectivity index is 1.35. The number of ether oxygens (including phenoxy) is 1. The molecule has 0 aliphatic carbocycles. The number of hydrogen-bond acceptors (Lipinski definition) is 8. The number of hydrogen-bond donors (Lipinski definition) is 3. The summed E-state index contributed by atoms with van der Waals surface area (Å²) in [6.07, 6.45) is 3.23. The molecule has 4 rings (SSSR count). The molecule has 2 saturated heterocycles. The van der Waals surface area contributed by atoms with Gasteiger partial charge in [-0.3, -0.25) is 9.69 Å². The smallest absolute Gasteiger partial charge is 0.404 e. The second kappa shape index (κ2) is 10.9. The van der Waals surface area contributed by atoms with Crippen molar-refractivity contribution in [1.29, 1.82) is 0 Å². The van der Waals surface area contributed by atoms with Gasteiger partial charge in [-0.1, -0.05) is 18.2 Å². The summed E-state index contributed by atoms with van der Waals surface area (Å²) in [6, 6.07) is 9.39. The highest BCUT2D eigenvalue weighted by Gasteiger charge is 2.41. The lowest BCUT2D eigenvalue weighted by molar-refractivity contribution is 0.0530. The van der Waals surface area contributed by atoms with Crippen molar-refractivity contribution in [3.05, 3.63) is 40.7 Å². The van der Waals surface area contributed by atoms with Gasteiger partial charge in [-0.2, -0.15) is 0 Å². The summed E-state index contributed by atoms with van der Waals surface area (Å²) >= 11 is 0. The Morgan fingerprint density at radius 2 is 1.86 bits per heavy atom. The number of nitrogens with zero attached hydrogens (tertiary/aromatic N) is 2. The van der Waals surface area contributed by atoms with Gasteiger partial charge in [-0.15, -0.1) is 0 Å². The summed E-state index contributed by atoms with van der Waals surface area (Å²) in [5, 5.41) is 16.9. The number of rotatable bonds is 9. The van der Waals surface area contributed by atoms with Crippen LogP contribution < -0.4 is 20.9 Å². The van der Waals surface area contributed by atoms with Crippen molar-refractivity contribution in [3.8, 4) is 5.75 Å². The topological polar surface area (TPSA) is 130 Å². The molecule has 4 atom stereocenters. The van der Waals surface area contributed by atoms with Gasteiger partial charge in [-0.05, 0) is 51.7 Å². The quantitative estimate of drug-likeness (QED) is 0.455. The molecule has 2 fully saturated rings. The normalized spacial score (nSPS) is 23.2. The van der Waals surface area contributed by atoms with Gasteiger partial charge in [0.25, 0.3) is 5.56 Å². The van der Waals surface area contributed by atoms with E-state index in [-0.39, 0.29) is 47.9 Å². The molecule has 11 heteroatoms. The molecule has 1 amide bonds. The van der Waals surface area contributed by atoms with Crippen molar-refractivity contribution in [3.63, 3.8) is 0 Å². The van der Waals surface area contributed by atoms with Gasteiger partial charge < -0.3 is 25.0 Å². The molecule has 0 radical (unpaired) electrons. The molecular weight excluding hydrogens is 484 g/mol. The van der Waals surface area contributed by atoms with Gasteiger partial charge in [0, 0.05) is 48.9 Å². The van der Waals surface area contributed by atoms with Crippen molar-refractivity contribution in [1.82, 2.24) is 20.1 Å². The Labute approximate surface area is 211 Å². The van der Waals surface area contributed by atoms with E-state index in [0.717, 1.165) is 42.8 Å². The third-order valence-electron chi connectivity index (χ3n) is 7.00. The molecule has 2 aliphatic heterocycles. The molecule has 1 aromatic carbocycles. The van der Waals surface area contributed by atoms with Crippen molar-refractivity contribution in [2.75, 3.05) is 25.2 Å². The van der Waals surface area contributed by atoms with Crippen LogP contribution in [0, 0.1) is 0 Å². The Hall–Kier alpha value is -2.47. The minimum absolute atomic E-state index is 0.00465. The molecule has 3 N–H and O–H groups in total. The van der Waals surface area contributed by atoms with Crippen molar-refractivity contribution < 1.29 is 23.1 Å². The fourth-order valence-corrected chi connectivity index (χ4v) is 6.04. The number of benzene rings is 1. The molecule has 1 unspecified atom stereocenters. The van der Waals surface area contributed by atoms with Crippen LogP contribution in [0.15, 0.2) is 35.1 Å². The van der Waals surface area contributed by atoms with Crippen LogP contribution in [0.25, 0.3) is 10.9 Å². The molecule has 0 spiro atoms. The van der Waals surface area contributed by atoms with Gasteiger partial charge >= 0.3 is 6.09 Å². The minimum Gasteiger partial charge on any atom is -0.404 e. The highest BCUT2D eigenvalue weighted by molar-refractivity contribution is 7.90. The van der Waals surface area contributed by atoms with Crippen LogP contribution in [-0.4, -0.2) is 78.5 Å². The van der Waals surface area contributed by atoms with Crippen LogP contribution in [-0.2, 0) is 9.84 Å². The van der Waals surface area contributed by atoms with E-state index in [1.54, 1.807) is 10.6 Å². The molecule has 0 saturated carbocycles. The summed E-state index contributed by atoms with van der Waals surface area (Å²) in [5.41, 5.74) is 0.454. The van der Waals surface area contributed by atoms with Crippen LogP contribution >= 0.6 is 0 Å². The number of para-hydroxylation sites is 1. The first-order valence-electron chi connectivity index (χ1n) is 12.5. The summed E-state index contributed by atoms with van der Waals surface area (Å²) in [4.78, 5) is 28.0. The number of nitrogens with one attached hydrogen (secondary N) is 2. The average molecular weight is 521 g/mol. The van der Waals surface area contributed by atoms with E-state index in [1.807, 2.05) is 38.1 Å². The van der Waals surface area contributed by atoms with Gasteiger partial charge in [-0.25, -0.2) is 13.2 Å². The zero-order valence-electron chi connectivity index (χ0n) is 21.0. The Morgan fingerprint density at radius 1 is 1.19 bits per heavy atom. The maximum absolute atomic E-state index is 13.0. The first-order valence-corrected chi connectivity index (χ1v) is 14.5. The van der Waals surface area contributed by atoms with Gasteiger partial charge in [0.2, 0.25) is 0 Å². The third kappa shape index (κ3) is 6.26. The summed E-state index contributed by atoms with van der Waals surface area (Å²) in [5.74, 6) is -0.158. The van der Waals surface area contributed by atoms with E-state index in [0.29, 0.717) is 6.54 Å². The van der Waals surface area contributed by atoms with Crippen LogP contribution in [0.1, 0.15) is 45.6 Å². The molecule has 2 bridgehead atoms. The number of aromatic nitrogens is 1. The van der Waals surface area contributed by atoms with E-state index >= 15 is 0 Å². The Kier molecular flexibility index (Phi) is 8.03. The van der Waals surface area contributed by atoms with Crippen LogP contribution in [0.3, 0.4) is 0 Å². The lowest BCUT2D eigenvalue weighted by atomic mass is 9.97. The maximum atomic E-state index is 13.0. The Bertz CT molecular complexity index is 1250. The second-order valence-corrected chi connectivity index (χ2v) is 12.4. The summed E-state index contributed by atoms with van der Waals surface area (Å²) < 4.78 is 29.7.